The summed E-state index contributed by atoms with van der Waals surface area (Å²) in [5.41, 5.74) is 3.07. The van der Waals surface area contributed by atoms with Gasteiger partial charge in [0, 0.05) is 85.1 Å². The van der Waals surface area contributed by atoms with Gasteiger partial charge >= 0.3 is 0 Å². The molecule has 4 aromatic rings. The average Bonchev–Trinajstić information content (AvgIpc) is 3.73. The van der Waals surface area contributed by atoms with Gasteiger partial charge in [0.15, 0.2) is 5.78 Å². The molecule has 1 aliphatic heterocycles. The zero-order valence-corrected chi connectivity index (χ0v) is 31.0. The second-order valence-electron chi connectivity index (χ2n) is 13.7. The number of piperazine rings is 1. The molecule has 7 nitrogen and oxygen atoms in total. The highest BCUT2D eigenvalue weighted by Crippen LogP contribution is 2.29. The molecule has 1 aliphatic rings. The molecule has 0 bridgehead atoms. The van der Waals surface area contributed by atoms with Crippen molar-refractivity contribution >= 4 is 45.7 Å². The van der Waals surface area contributed by atoms with Gasteiger partial charge in [-0.05, 0) is 79.9 Å². The van der Waals surface area contributed by atoms with Crippen molar-refractivity contribution in [3.8, 4) is 0 Å². The van der Waals surface area contributed by atoms with E-state index < -0.39 is 0 Å². The number of fused-ring (bicyclic) bond motifs is 1. The van der Waals surface area contributed by atoms with Gasteiger partial charge in [0.1, 0.15) is 11.6 Å². The summed E-state index contributed by atoms with van der Waals surface area (Å²) in [7, 11) is 0. The lowest BCUT2D eigenvalue weighted by atomic mass is 9.89. The summed E-state index contributed by atoms with van der Waals surface area (Å²) in [5.74, 6) is 0.611. The Hall–Kier alpha value is -3.11. The first-order chi connectivity index (χ1) is 23.7. The second kappa shape index (κ2) is 17.7. The fourth-order valence-electron chi connectivity index (χ4n) is 7.01. The molecule has 10 heteroatoms. The quantitative estimate of drug-likeness (QED) is 0.0882. The molecule has 5 rings (SSSR count). The molecule has 1 N–H and O–H groups in total. The average molecular weight is 708 g/mol. The Morgan fingerprint density at radius 3 is 2.45 bits per heavy atom. The topological polar surface area (TPSA) is 70.5 Å². The van der Waals surface area contributed by atoms with Gasteiger partial charge in [0.25, 0.3) is 0 Å². The minimum atomic E-state index is -0.381. The number of imidazole rings is 1. The van der Waals surface area contributed by atoms with Gasteiger partial charge in [-0.25, -0.2) is 9.37 Å². The van der Waals surface area contributed by atoms with Crippen LogP contribution in [0.4, 0.5) is 4.39 Å². The van der Waals surface area contributed by atoms with Crippen LogP contribution in [0.1, 0.15) is 92.5 Å². The Balaban J connectivity index is 1.14. The predicted molar refractivity (Wildman–Crippen MR) is 199 cm³/mol. The third-order valence-electron chi connectivity index (χ3n) is 9.72. The molecule has 0 spiro atoms. The van der Waals surface area contributed by atoms with Gasteiger partial charge in [-0.1, -0.05) is 51.4 Å². The number of aromatic nitrogens is 2. The standard InChI is InChI=1S/C39H51ClFN5O2S/c1-5-30(6-2)46-36-14-13-28(23-35(36)43-38(46)25-31-10-8-21-49-31)37(47)24-29(22-27(3)4)39(48)42-15-9-16-44-17-19-45(20-18-44)26-32-33(40)11-7-12-34(32)41/h7-8,10-14,21,23,27,29-30H,5-6,9,15-20,22,24-26H2,1-4H3,(H,42,48)/t29-/m1/s1. The Bertz CT molecular complexity index is 1660. The summed E-state index contributed by atoms with van der Waals surface area (Å²) in [6, 6.07) is 15.3. The molecular weight excluding hydrogens is 657 g/mol. The lowest BCUT2D eigenvalue weighted by Gasteiger charge is -2.35. The fraction of sp³-hybridized carbons (Fsp3) is 0.513. The van der Waals surface area contributed by atoms with E-state index in [0.717, 1.165) is 75.3 Å². The van der Waals surface area contributed by atoms with Gasteiger partial charge < -0.3 is 14.8 Å². The summed E-state index contributed by atoms with van der Waals surface area (Å²) in [6.45, 7) is 14.0. The molecule has 0 saturated carbocycles. The summed E-state index contributed by atoms with van der Waals surface area (Å²) >= 11 is 7.97. The molecule has 2 aromatic heterocycles. The molecule has 3 heterocycles. The fourth-order valence-corrected chi connectivity index (χ4v) is 7.93. The molecule has 1 saturated heterocycles. The maximum absolute atomic E-state index is 14.2. The first-order valence-corrected chi connectivity index (χ1v) is 19.1. The molecule has 2 aromatic carbocycles. The van der Waals surface area contributed by atoms with E-state index in [1.807, 2.05) is 18.2 Å². The van der Waals surface area contributed by atoms with Crippen LogP contribution >= 0.6 is 22.9 Å². The van der Waals surface area contributed by atoms with Crippen molar-refractivity contribution < 1.29 is 14.0 Å². The number of amides is 1. The highest BCUT2D eigenvalue weighted by atomic mass is 35.5. The Kier molecular flexibility index (Phi) is 13.4. The lowest BCUT2D eigenvalue weighted by molar-refractivity contribution is -0.125. The zero-order valence-electron chi connectivity index (χ0n) is 29.4. The lowest BCUT2D eigenvalue weighted by Crippen LogP contribution is -2.46. The van der Waals surface area contributed by atoms with Crippen LogP contribution in [0, 0.1) is 17.7 Å². The summed E-state index contributed by atoms with van der Waals surface area (Å²) in [4.78, 5) is 37.9. The highest BCUT2D eigenvalue weighted by Gasteiger charge is 2.25. The van der Waals surface area contributed by atoms with E-state index in [0.29, 0.717) is 41.7 Å². The van der Waals surface area contributed by atoms with Crippen LogP contribution < -0.4 is 5.32 Å². The summed E-state index contributed by atoms with van der Waals surface area (Å²) < 4.78 is 16.6. The number of benzene rings is 2. The Morgan fingerprint density at radius 2 is 1.78 bits per heavy atom. The van der Waals surface area contributed by atoms with Crippen LogP contribution in [0.5, 0.6) is 0 Å². The molecular formula is C39H51ClFN5O2S. The van der Waals surface area contributed by atoms with Crippen molar-refractivity contribution in [1.82, 2.24) is 24.7 Å². The van der Waals surface area contributed by atoms with E-state index in [-0.39, 0.29) is 35.8 Å². The van der Waals surface area contributed by atoms with E-state index in [9.17, 15) is 14.0 Å². The zero-order chi connectivity index (χ0) is 34.9. The van der Waals surface area contributed by atoms with Crippen molar-refractivity contribution in [2.45, 2.75) is 78.8 Å². The van der Waals surface area contributed by atoms with Crippen LogP contribution in [0.3, 0.4) is 0 Å². The Morgan fingerprint density at radius 1 is 1.02 bits per heavy atom. The number of halogens is 2. The predicted octanol–water partition coefficient (Wildman–Crippen LogP) is 8.40. The van der Waals surface area contributed by atoms with E-state index in [1.54, 1.807) is 23.5 Å². The summed E-state index contributed by atoms with van der Waals surface area (Å²) in [6.07, 6.45) is 4.45. The maximum Gasteiger partial charge on any atom is 0.223 e. The van der Waals surface area contributed by atoms with Gasteiger partial charge in [-0.15, -0.1) is 11.3 Å². The number of rotatable bonds is 17. The molecule has 49 heavy (non-hydrogen) atoms. The van der Waals surface area contributed by atoms with Gasteiger partial charge in [-0.2, -0.15) is 0 Å². The minimum Gasteiger partial charge on any atom is -0.356 e. The van der Waals surface area contributed by atoms with Gasteiger partial charge in [0.05, 0.1) is 11.0 Å². The SMILES string of the molecule is CCC(CC)n1c(Cc2cccs2)nc2cc(C(=O)C[C@@H](CC(C)C)C(=O)NCCCN3CCN(Cc4c(F)cccc4Cl)CC3)ccc21. The van der Waals surface area contributed by atoms with Crippen LogP contribution in [0.2, 0.25) is 5.02 Å². The van der Waals surface area contributed by atoms with Crippen molar-refractivity contribution in [2.24, 2.45) is 11.8 Å². The van der Waals surface area contributed by atoms with Crippen LogP contribution in [-0.2, 0) is 17.8 Å². The molecule has 0 aliphatic carbocycles. The second-order valence-corrected chi connectivity index (χ2v) is 15.2. The number of hydrogen-bond donors (Lipinski definition) is 1. The van der Waals surface area contributed by atoms with Gasteiger partial charge in [0.2, 0.25) is 5.91 Å². The molecule has 1 amide bonds. The normalized spacial score (nSPS) is 15.0. The molecule has 1 atom stereocenters. The van der Waals surface area contributed by atoms with E-state index in [1.165, 1.54) is 10.9 Å². The molecule has 1 fully saturated rings. The number of nitrogens with one attached hydrogen (secondary N) is 1. The smallest absolute Gasteiger partial charge is 0.223 e. The third kappa shape index (κ3) is 9.78. The van der Waals surface area contributed by atoms with Crippen molar-refractivity contribution in [1.29, 1.82) is 0 Å². The molecule has 0 unspecified atom stereocenters. The third-order valence-corrected chi connectivity index (χ3v) is 11.0. The number of thiophene rings is 1. The monoisotopic (exact) mass is 707 g/mol. The van der Waals surface area contributed by atoms with Crippen LogP contribution in [-0.4, -0.2) is 70.3 Å². The maximum atomic E-state index is 14.2. The largest absolute Gasteiger partial charge is 0.356 e. The minimum absolute atomic E-state index is 0.0193. The number of nitrogens with zero attached hydrogens (tertiary/aromatic N) is 4. The first kappa shape index (κ1) is 37.2. The van der Waals surface area contributed by atoms with E-state index >= 15 is 0 Å². The number of ketones is 1. The van der Waals surface area contributed by atoms with Crippen molar-refractivity contribution in [3.05, 3.63) is 86.6 Å². The van der Waals surface area contributed by atoms with Crippen LogP contribution in [0.25, 0.3) is 11.0 Å². The molecule has 0 radical (unpaired) electrons. The first-order valence-electron chi connectivity index (χ1n) is 17.9. The number of Topliss-reactive ketones (excluding diaryl/α,β-unsaturated/α-hetero) is 1. The number of carbonyl (C=O) groups is 2. The van der Waals surface area contributed by atoms with Crippen LogP contribution in [0.15, 0.2) is 53.9 Å². The Labute approximate surface area is 299 Å². The van der Waals surface area contributed by atoms with E-state index in [2.05, 4.69) is 64.9 Å². The van der Waals surface area contributed by atoms with E-state index in [4.69, 9.17) is 16.6 Å². The highest BCUT2D eigenvalue weighted by molar-refractivity contribution is 7.09. The number of hydrogen-bond acceptors (Lipinski definition) is 6. The van der Waals surface area contributed by atoms with Gasteiger partial charge in [-0.3, -0.25) is 14.5 Å². The van der Waals surface area contributed by atoms with Crippen molar-refractivity contribution in [3.63, 3.8) is 0 Å². The van der Waals surface area contributed by atoms with Crippen molar-refractivity contribution in [2.75, 3.05) is 39.3 Å². The number of carbonyl (C=O) groups excluding carboxylic acids is 2. The molecule has 264 valence electrons. The summed E-state index contributed by atoms with van der Waals surface area (Å²) in [5, 5.41) is 5.69.